The number of hydrogen-bond acceptors (Lipinski definition) is 4. The monoisotopic (exact) mass is 510 g/mol. The summed E-state index contributed by atoms with van der Waals surface area (Å²) in [4.78, 5) is 12.7. The minimum Gasteiger partial charge on any atom is -0.507 e. The standard InChI is InChI=1S/C33H50O4/c1-7-8-9-10-11-12-13-14-15-16-19-37-30(34)17-18-33(6,28-20-24(2)31(35)25(3)21-28)29-22-26(4)32(36)27(5)23-29/h20-23,35-36H,7-19H2,1-6H3. The Balaban J connectivity index is 1.95. The summed E-state index contributed by atoms with van der Waals surface area (Å²) in [6.07, 6.45) is 13.4. The van der Waals surface area contributed by atoms with Crippen LogP contribution in [0.4, 0.5) is 0 Å². The summed E-state index contributed by atoms with van der Waals surface area (Å²) in [5, 5.41) is 20.7. The first kappa shape index (κ1) is 30.7. The summed E-state index contributed by atoms with van der Waals surface area (Å²) in [5.74, 6) is 0.446. The molecule has 206 valence electrons. The van der Waals surface area contributed by atoms with Crippen LogP contribution < -0.4 is 0 Å². The lowest BCUT2D eigenvalue weighted by Gasteiger charge is -2.32. The zero-order valence-electron chi connectivity index (χ0n) is 24.2. The lowest BCUT2D eigenvalue weighted by Crippen LogP contribution is -2.26. The summed E-state index contributed by atoms with van der Waals surface area (Å²) >= 11 is 0. The molecule has 0 spiro atoms. The largest absolute Gasteiger partial charge is 0.507 e. The molecule has 0 aromatic heterocycles. The maximum absolute atomic E-state index is 12.7. The lowest BCUT2D eigenvalue weighted by molar-refractivity contribution is -0.144. The first-order valence-corrected chi connectivity index (χ1v) is 14.4. The molecule has 0 unspecified atom stereocenters. The highest BCUT2D eigenvalue weighted by Crippen LogP contribution is 2.41. The third kappa shape index (κ3) is 9.09. The predicted molar refractivity (Wildman–Crippen MR) is 154 cm³/mol. The number of phenols is 2. The molecule has 0 aliphatic heterocycles. The summed E-state index contributed by atoms with van der Waals surface area (Å²) in [5.41, 5.74) is 4.89. The van der Waals surface area contributed by atoms with Crippen LogP contribution in [0.25, 0.3) is 0 Å². The van der Waals surface area contributed by atoms with Gasteiger partial charge in [-0.25, -0.2) is 0 Å². The number of unbranched alkanes of at least 4 members (excludes halogenated alkanes) is 9. The van der Waals surface area contributed by atoms with Gasteiger partial charge in [0.1, 0.15) is 11.5 Å². The van der Waals surface area contributed by atoms with Crippen molar-refractivity contribution in [2.24, 2.45) is 0 Å². The molecule has 4 heteroatoms. The second-order valence-electron chi connectivity index (χ2n) is 11.2. The molecule has 37 heavy (non-hydrogen) atoms. The second kappa shape index (κ2) is 15.1. The summed E-state index contributed by atoms with van der Waals surface area (Å²) in [7, 11) is 0. The van der Waals surface area contributed by atoms with Crippen LogP contribution in [-0.2, 0) is 14.9 Å². The molecular weight excluding hydrogens is 460 g/mol. The van der Waals surface area contributed by atoms with Crippen LogP contribution in [0, 0.1) is 27.7 Å². The molecule has 2 rings (SSSR count). The van der Waals surface area contributed by atoms with Crippen LogP contribution in [0.2, 0.25) is 0 Å². The number of carbonyl (C=O) groups excluding carboxylic acids is 1. The van der Waals surface area contributed by atoms with Gasteiger partial charge < -0.3 is 14.9 Å². The van der Waals surface area contributed by atoms with Crippen molar-refractivity contribution in [2.45, 2.75) is 124 Å². The van der Waals surface area contributed by atoms with Gasteiger partial charge in [0.2, 0.25) is 0 Å². The summed E-state index contributed by atoms with van der Waals surface area (Å²) in [6, 6.07) is 8.04. The second-order valence-corrected chi connectivity index (χ2v) is 11.2. The van der Waals surface area contributed by atoms with Crippen LogP contribution in [-0.4, -0.2) is 22.8 Å². The minimum atomic E-state index is -0.470. The molecule has 2 N–H and O–H groups in total. The molecule has 0 amide bonds. The average molecular weight is 511 g/mol. The SMILES string of the molecule is CCCCCCCCCCCCOC(=O)CCC(C)(c1cc(C)c(O)c(C)c1)c1cc(C)c(O)c(C)c1. The van der Waals surface area contributed by atoms with Gasteiger partial charge in [0.15, 0.2) is 0 Å². The fraction of sp³-hybridized carbons (Fsp3) is 0.606. The Morgan fingerprint density at radius 2 is 1.08 bits per heavy atom. The Kier molecular flexibility index (Phi) is 12.5. The number of benzene rings is 2. The smallest absolute Gasteiger partial charge is 0.305 e. The third-order valence-corrected chi connectivity index (χ3v) is 7.85. The van der Waals surface area contributed by atoms with E-state index in [9.17, 15) is 15.0 Å². The fourth-order valence-electron chi connectivity index (χ4n) is 5.20. The summed E-state index contributed by atoms with van der Waals surface area (Å²) in [6.45, 7) is 12.5. The van der Waals surface area contributed by atoms with Gasteiger partial charge in [-0.05, 0) is 73.9 Å². The number of esters is 1. The van der Waals surface area contributed by atoms with E-state index in [0.29, 0.717) is 30.9 Å². The summed E-state index contributed by atoms with van der Waals surface area (Å²) < 4.78 is 5.60. The number of aromatic hydroxyl groups is 2. The van der Waals surface area contributed by atoms with E-state index in [1.54, 1.807) is 0 Å². The molecule has 0 aliphatic carbocycles. The highest BCUT2D eigenvalue weighted by Gasteiger charge is 2.32. The van der Waals surface area contributed by atoms with Gasteiger partial charge in [-0.2, -0.15) is 0 Å². The Hall–Kier alpha value is -2.49. The Bertz CT molecular complexity index is 904. The predicted octanol–water partition coefficient (Wildman–Crippen LogP) is 8.88. The van der Waals surface area contributed by atoms with Crippen molar-refractivity contribution in [1.82, 2.24) is 0 Å². The van der Waals surface area contributed by atoms with Crippen LogP contribution in [0.5, 0.6) is 11.5 Å². The number of phenolic OH excluding ortho intramolecular Hbond substituents is 2. The molecule has 2 aromatic carbocycles. The van der Waals surface area contributed by atoms with Crippen LogP contribution in [0.3, 0.4) is 0 Å². The van der Waals surface area contributed by atoms with Crippen molar-refractivity contribution in [2.75, 3.05) is 6.61 Å². The molecule has 0 atom stereocenters. The number of aryl methyl sites for hydroxylation is 4. The normalized spacial score (nSPS) is 11.6. The number of hydrogen-bond donors (Lipinski definition) is 2. The van der Waals surface area contributed by atoms with Gasteiger partial charge in [-0.15, -0.1) is 0 Å². The maximum Gasteiger partial charge on any atom is 0.305 e. The van der Waals surface area contributed by atoms with Crippen LogP contribution in [0.1, 0.15) is 124 Å². The molecule has 0 saturated heterocycles. The Morgan fingerprint density at radius 3 is 1.49 bits per heavy atom. The van der Waals surface area contributed by atoms with Crippen molar-refractivity contribution in [3.8, 4) is 11.5 Å². The molecule has 2 aromatic rings. The van der Waals surface area contributed by atoms with Crippen LogP contribution >= 0.6 is 0 Å². The maximum atomic E-state index is 12.7. The van der Waals surface area contributed by atoms with Crippen molar-refractivity contribution >= 4 is 5.97 Å². The van der Waals surface area contributed by atoms with E-state index in [0.717, 1.165) is 46.2 Å². The van der Waals surface area contributed by atoms with Crippen molar-refractivity contribution in [1.29, 1.82) is 0 Å². The van der Waals surface area contributed by atoms with E-state index in [4.69, 9.17) is 4.74 Å². The van der Waals surface area contributed by atoms with Gasteiger partial charge in [-0.3, -0.25) is 4.79 Å². The van der Waals surface area contributed by atoms with E-state index >= 15 is 0 Å². The topological polar surface area (TPSA) is 66.8 Å². The molecule has 0 fully saturated rings. The van der Waals surface area contributed by atoms with Crippen molar-refractivity contribution in [3.05, 3.63) is 57.6 Å². The number of rotatable bonds is 16. The zero-order valence-corrected chi connectivity index (χ0v) is 24.2. The van der Waals surface area contributed by atoms with Crippen molar-refractivity contribution < 1.29 is 19.7 Å². The molecule has 4 nitrogen and oxygen atoms in total. The van der Waals surface area contributed by atoms with E-state index in [-0.39, 0.29) is 5.97 Å². The average Bonchev–Trinajstić information content (AvgIpc) is 2.86. The molecule has 0 bridgehead atoms. The fourth-order valence-corrected chi connectivity index (χ4v) is 5.20. The molecule has 0 radical (unpaired) electrons. The first-order valence-electron chi connectivity index (χ1n) is 14.4. The molecule has 0 heterocycles. The molecular formula is C33H50O4. The van der Waals surface area contributed by atoms with Crippen LogP contribution in [0.15, 0.2) is 24.3 Å². The Morgan fingerprint density at radius 1 is 0.703 bits per heavy atom. The zero-order chi connectivity index (χ0) is 27.4. The number of carbonyl (C=O) groups is 1. The van der Waals surface area contributed by atoms with Gasteiger partial charge >= 0.3 is 5.97 Å². The molecule has 0 aliphatic rings. The van der Waals surface area contributed by atoms with E-state index in [1.807, 2.05) is 52.0 Å². The molecule has 0 saturated carbocycles. The highest BCUT2D eigenvalue weighted by molar-refractivity contribution is 5.69. The minimum absolute atomic E-state index is 0.165. The quantitative estimate of drug-likeness (QED) is 0.175. The highest BCUT2D eigenvalue weighted by atomic mass is 16.5. The lowest BCUT2D eigenvalue weighted by atomic mass is 9.71. The Labute approximate surface area is 225 Å². The van der Waals surface area contributed by atoms with Gasteiger partial charge in [0.25, 0.3) is 0 Å². The van der Waals surface area contributed by atoms with Gasteiger partial charge in [-0.1, -0.05) is 95.9 Å². The van der Waals surface area contributed by atoms with Gasteiger partial charge in [0, 0.05) is 11.8 Å². The van der Waals surface area contributed by atoms with E-state index in [1.165, 1.54) is 51.4 Å². The number of ether oxygens (including phenoxy) is 1. The van der Waals surface area contributed by atoms with Gasteiger partial charge in [0.05, 0.1) is 6.61 Å². The van der Waals surface area contributed by atoms with E-state index < -0.39 is 5.41 Å². The van der Waals surface area contributed by atoms with Crippen molar-refractivity contribution in [3.63, 3.8) is 0 Å². The van der Waals surface area contributed by atoms with E-state index in [2.05, 4.69) is 13.8 Å². The first-order chi connectivity index (χ1) is 17.6. The third-order valence-electron chi connectivity index (χ3n) is 7.85.